The van der Waals surface area contributed by atoms with Crippen molar-refractivity contribution in [2.24, 2.45) is 0 Å². The number of rotatable bonds is 8. The molecule has 4 nitrogen and oxygen atoms in total. The van der Waals surface area contributed by atoms with Crippen LogP contribution in [0, 0.1) is 0 Å². The fourth-order valence-electron chi connectivity index (χ4n) is 4.45. The number of nitrogens with one attached hydrogen (secondary N) is 1. The van der Waals surface area contributed by atoms with Crippen LogP contribution >= 0.6 is 0 Å². The predicted molar refractivity (Wildman–Crippen MR) is 113 cm³/mol. The molecular formula is C24H33NO3. The minimum atomic E-state index is -0.114. The molecule has 0 aromatic heterocycles. The lowest BCUT2D eigenvalue weighted by Gasteiger charge is -2.47. The number of aromatic hydroxyl groups is 1. The molecule has 152 valence electrons. The highest BCUT2D eigenvalue weighted by atomic mass is 16.5. The summed E-state index contributed by atoms with van der Waals surface area (Å²) >= 11 is 0. The number of hydrogen-bond acceptors (Lipinski definition) is 4. The fourth-order valence-corrected chi connectivity index (χ4v) is 4.45. The van der Waals surface area contributed by atoms with Crippen LogP contribution in [0.1, 0.15) is 50.7 Å². The lowest BCUT2D eigenvalue weighted by atomic mass is 9.66. The van der Waals surface area contributed by atoms with Gasteiger partial charge in [0.15, 0.2) is 0 Å². The Morgan fingerprint density at radius 3 is 2.64 bits per heavy atom. The molecule has 0 saturated carbocycles. The standard InChI is InChI=1S/C24H33NO3/c1-4-23(2)18-24(14-16-28-23,20-10-6-8-12-22(20)27-3)13-15-25-17-19-9-5-7-11-21(19)26/h5-12,25-26H,4,13-18H2,1-3H3/t23-,24-/m1/s1. The molecule has 0 aliphatic carbocycles. The zero-order chi connectivity index (χ0) is 20.0. The summed E-state index contributed by atoms with van der Waals surface area (Å²) in [5, 5.41) is 13.5. The molecule has 1 heterocycles. The summed E-state index contributed by atoms with van der Waals surface area (Å²) < 4.78 is 11.9. The average Bonchev–Trinajstić information content (AvgIpc) is 2.72. The van der Waals surface area contributed by atoms with E-state index in [-0.39, 0.29) is 11.0 Å². The van der Waals surface area contributed by atoms with Crippen molar-refractivity contribution >= 4 is 0 Å². The van der Waals surface area contributed by atoms with E-state index in [1.165, 1.54) is 5.56 Å². The highest BCUT2D eigenvalue weighted by Gasteiger charge is 2.44. The van der Waals surface area contributed by atoms with Crippen LogP contribution in [0.2, 0.25) is 0 Å². The monoisotopic (exact) mass is 383 g/mol. The summed E-state index contributed by atoms with van der Waals surface area (Å²) in [6.07, 6.45) is 3.96. The molecule has 2 atom stereocenters. The molecule has 4 heteroatoms. The molecule has 3 rings (SSSR count). The highest BCUT2D eigenvalue weighted by Crippen LogP contribution is 2.47. The van der Waals surface area contributed by atoms with Gasteiger partial charge in [-0.25, -0.2) is 0 Å². The van der Waals surface area contributed by atoms with E-state index in [0.717, 1.165) is 50.1 Å². The molecule has 2 N–H and O–H groups in total. The van der Waals surface area contributed by atoms with Gasteiger partial charge in [0.2, 0.25) is 0 Å². The molecule has 1 saturated heterocycles. The zero-order valence-corrected chi connectivity index (χ0v) is 17.3. The Labute approximate surface area is 168 Å². The Balaban J connectivity index is 1.78. The molecule has 0 spiro atoms. The van der Waals surface area contributed by atoms with Gasteiger partial charge in [-0.3, -0.25) is 0 Å². The highest BCUT2D eigenvalue weighted by molar-refractivity contribution is 5.40. The second kappa shape index (κ2) is 8.97. The van der Waals surface area contributed by atoms with E-state index in [0.29, 0.717) is 12.3 Å². The molecule has 1 aliphatic rings. The maximum absolute atomic E-state index is 9.98. The summed E-state index contributed by atoms with van der Waals surface area (Å²) in [4.78, 5) is 0. The number of ether oxygens (including phenoxy) is 2. The van der Waals surface area contributed by atoms with Crippen LogP contribution in [0.15, 0.2) is 48.5 Å². The fraction of sp³-hybridized carbons (Fsp3) is 0.500. The van der Waals surface area contributed by atoms with Crippen LogP contribution in [0.5, 0.6) is 11.5 Å². The number of phenolic OH excluding ortho intramolecular Hbond substituents is 1. The van der Waals surface area contributed by atoms with Crippen molar-refractivity contribution in [1.29, 1.82) is 0 Å². The quantitative estimate of drug-likeness (QED) is 0.643. The summed E-state index contributed by atoms with van der Waals surface area (Å²) in [6.45, 7) is 6.73. The Bertz CT molecular complexity index is 778. The number of benzene rings is 2. The van der Waals surface area contributed by atoms with Crippen molar-refractivity contribution in [2.75, 3.05) is 20.3 Å². The molecule has 0 amide bonds. The third-order valence-electron chi connectivity index (χ3n) is 6.26. The first kappa shape index (κ1) is 20.7. The first-order valence-corrected chi connectivity index (χ1v) is 10.3. The van der Waals surface area contributed by atoms with Gasteiger partial charge in [-0.2, -0.15) is 0 Å². The third-order valence-corrected chi connectivity index (χ3v) is 6.26. The SMILES string of the molecule is CC[C@]1(C)C[C@](CCNCc2ccccc2O)(c2ccccc2OC)CCO1. The number of phenols is 1. The van der Waals surface area contributed by atoms with E-state index in [1.807, 2.05) is 24.3 Å². The van der Waals surface area contributed by atoms with E-state index < -0.39 is 0 Å². The predicted octanol–water partition coefficient (Wildman–Crippen LogP) is 4.80. The number of para-hydroxylation sites is 2. The van der Waals surface area contributed by atoms with Crippen molar-refractivity contribution in [3.63, 3.8) is 0 Å². The van der Waals surface area contributed by atoms with Crippen molar-refractivity contribution in [3.8, 4) is 11.5 Å². The molecule has 0 unspecified atom stereocenters. The van der Waals surface area contributed by atoms with Crippen molar-refractivity contribution in [2.45, 2.75) is 57.1 Å². The van der Waals surface area contributed by atoms with Gasteiger partial charge in [-0.15, -0.1) is 0 Å². The van der Waals surface area contributed by atoms with Gasteiger partial charge in [-0.1, -0.05) is 43.3 Å². The lowest BCUT2D eigenvalue weighted by molar-refractivity contribution is -0.0982. The van der Waals surface area contributed by atoms with E-state index in [9.17, 15) is 5.11 Å². The van der Waals surface area contributed by atoms with Crippen LogP contribution in [0.25, 0.3) is 0 Å². The molecule has 2 aromatic carbocycles. The van der Waals surface area contributed by atoms with Crippen LogP contribution in [-0.4, -0.2) is 31.0 Å². The van der Waals surface area contributed by atoms with E-state index >= 15 is 0 Å². The van der Waals surface area contributed by atoms with Crippen LogP contribution in [0.3, 0.4) is 0 Å². The van der Waals surface area contributed by atoms with E-state index in [2.05, 4.69) is 37.4 Å². The van der Waals surface area contributed by atoms with Gasteiger partial charge >= 0.3 is 0 Å². The third kappa shape index (κ3) is 4.50. The molecule has 0 radical (unpaired) electrons. The van der Waals surface area contributed by atoms with Gasteiger partial charge in [0.1, 0.15) is 11.5 Å². The smallest absolute Gasteiger partial charge is 0.122 e. The van der Waals surface area contributed by atoms with Gasteiger partial charge in [0, 0.05) is 29.7 Å². The summed E-state index contributed by atoms with van der Waals surface area (Å²) in [6, 6.07) is 15.9. The first-order chi connectivity index (χ1) is 13.5. The first-order valence-electron chi connectivity index (χ1n) is 10.3. The minimum absolute atomic E-state index is 0.0152. The van der Waals surface area contributed by atoms with Crippen molar-refractivity contribution in [1.82, 2.24) is 5.32 Å². The minimum Gasteiger partial charge on any atom is -0.508 e. The molecule has 0 bridgehead atoms. The Morgan fingerprint density at radius 2 is 1.89 bits per heavy atom. The Morgan fingerprint density at radius 1 is 1.14 bits per heavy atom. The van der Waals surface area contributed by atoms with Crippen LogP contribution < -0.4 is 10.1 Å². The maximum atomic E-state index is 9.98. The van der Waals surface area contributed by atoms with Crippen LogP contribution in [-0.2, 0) is 16.7 Å². The topological polar surface area (TPSA) is 50.7 Å². The summed E-state index contributed by atoms with van der Waals surface area (Å²) in [7, 11) is 1.75. The lowest BCUT2D eigenvalue weighted by Crippen LogP contribution is -2.46. The normalized spacial score (nSPS) is 24.8. The average molecular weight is 384 g/mol. The van der Waals surface area contributed by atoms with E-state index in [4.69, 9.17) is 9.47 Å². The molecule has 28 heavy (non-hydrogen) atoms. The van der Waals surface area contributed by atoms with Gasteiger partial charge < -0.3 is 19.9 Å². The second-order valence-electron chi connectivity index (χ2n) is 8.11. The maximum Gasteiger partial charge on any atom is 0.122 e. The molecule has 2 aromatic rings. The largest absolute Gasteiger partial charge is 0.508 e. The van der Waals surface area contributed by atoms with Gasteiger partial charge in [-0.05, 0) is 51.3 Å². The van der Waals surface area contributed by atoms with Crippen LogP contribution in [0.4, 0.5) is 0 Å². The molecular weight excluding hydrogens is 350 g/mol. The van der Waals surface area contributed by atoms with Gasteiger partial charge in [0.05, 0.1) is 12.7 Å². The van der Waals surface area contributed by atoms with Gasteiger partial charge in [0.25, 0.3) is 0 Å². The molecule has 1 fully saturated rings. The molecule has 1 aliphatic heterocycles. The zero-order valence-electron chi connectivity index (χ0n) is 17.3. The summed E-state index contributed by atoms with van der Waals surface area (Å²) in [5.74, 6) is 1.31. The Hall–Kier alpha value is -2.04. The number of hydrogen-bond donors (Lipinski definition) is 2. The Kier molecular flexibility index (Phi) is 6.63. The van der Waals surface area contributed by atoms with Crippen molar-refractivity contribution < 1.29 is 14.6 Å². The van der Waals surface area contributed by atoms with Crippen molar-refractivity contribution in [3.05, 3.63) is 59.7 Å². The summed E-state index contributed by atoms with van der Waals surface area (Å²) in [5.41, 5.74) is 2.11. The van der Waals surface area contributed by atoms with E-state index in [1.54, 1.807) is 13.2 Å². The number of methoxy groups -OCH3 is 1. The second-order valence-corrected chi connectivity index (χ2v) is 8.11.